The fraction of sp³-hybridized carbons (Fsp3) is 0.304. The molecule has 1 fully saturated rings. The summed E-state index contributed by atoms with van der Waals surface area (Å²) in [6, 6.07) is 9.12. The quantitative estimate of drug-likeness (QED) is 0.388. The van der Waals surface area contributed by atoms with Crippen LogP contribution in [-0.2, 0) is 10.2 Å². The van der Waals surface area contributed by atoms with Gasteiger partial charge in [0.2, 0.25) is 5.91 Å². The highest BCUT2D eigenvalue weighted by molar-refractivity contribution is 6.51. The lowest BCUT2D eigenvalue weighted by molar-refractivity contribution is -0.384. The maximum Gasteiger partial charge on any atom is 0.321 e. The van der Waals surface area contributed by atoms with Crippen molar-refractivity contribution in [2.75, 3.05) is 13.7 Å². The molecule has 2 N–H and O–H groups in total. The Morgan fingerprint density at radius 2 is 1.88 bits per heavy atom. The first kappa shape index (κ1) is 23.3. The third-order valence-corrected chi connectivity index (χ3v) is 5.54. The van der Waals surface area contributed by atoms with Gasteiger partial charge in [0.15, 0.2) is 0 Å². The summed E-state index contributed by atoms with van der Waals surface area (Å²) in [5.41, 5.74) is 2.51. The summed E-state index contributed by atoms with van der Waals surface area (Å²) in [5.74, 6) is -0.332. The van der Waals surface area contributed by atoms with Crippen LogP contribution in [0.5, 0.6) is 5.75 Å². The minimum Gasteiger partial charge on any atom is -0.496 e. The van der Waals surface area contributed by atoms with Crippen LogP contribution in [0.3, 0.4) is 0 Å². The lowest BCUT2D eigenvalue weighted by atomic mass is 9.81. The number of rotatable bonds is 5. The van der Waals surface area contributed by atoms with Crippen LogP contribution in [0.4, 0.5) is 10.5 Å². The Morgan fingerprint density at radius 3 is 2.41 bits per heavy atom. The van der Waals surface area contributed by atoms with Crippen molar-refractivity contribution in [1.82, 2.24) is 10.6 Å². The van der Waals surface area contributed by atoms with Crippen molar-refractivity contribution in [1.29, 1.82) is 0 Å². The average Bonchev–Trinajstić information content (AvgIpc) is 2.72. The van der Waals surface area contributed by atoms with Crippen LogP contribution in [-0.4, -0.2) is 30.5 Å². The molecule has 0 saturated carbocycles. The van der Waals surface area contributed by atoms with Crippen molar-refractivity contribution in [3.8, 4) is 5.75 Å². The van der Waals surface area contributed by atoms with Gasteiger partial charge in [0.25, 0.3) is 5.69 Å². The number of urea groups is 1. The maximum atomic E-state index is 12.5. The summed E-state index contributed by atoms with van der Waals surface area (Å²) in [4.78, 5) is 34.4. The summed E-state index contributed by atoms with van der Waals surface area (Å²) in [6.45, 7) is 6.27. The number of ether oxygens (including phenoxy) is 1. The van der Waals surface area contributed by atoms with E-state index in [0.717, 1.165) is 5.56 Å². The van der Waals surface area contributed by atoms with Crippen LogP contribution >= 0.6 is 11.6 Å². The van der Waals surface area contributed by atoms with Crippen molar-refractivity contribution in [3.63, 3.8) is 0 Å². The first-order valence-electron chi connectivity index (χ1n) is 9.94. The van der Waals surface area contributed by atoms with Crippen LogP contribution in [0.2, 0.25) is 0 Å². The largest absolute Gasteiger partial charge is 0.496 e. The van der Waals surface area contributed by atoms with Crippen molar-refractivity contribution in [3.05, 3.63) is 68.8 Å². The van der Waals surface area contributed by atoms with E-state index in [2.05, 4.69) is 10.6 Å². The van der Waals surface area contributed by atoms with Gasteiger partial charge >= 0.3 is 6.03 Å². The van der Waals surface area contributed by atoms with Crippen molar-refractivity contribution >= 4 is 40.3 Å². The molecule has 3 amide bonds. The molecule has 1 saturated heterocycles. The predicted molar refractivity (Wildman–Crippen MR) is 123 cm³/mol. The molecule has 8 nitrogen and oxygen atoms in total. The minimum atomic E-state index is -0.565. The molecule has 32 heavy (non-hydrogen) atoms. The topological polar surface area (TPSA) is 111 Å². The second-order valence-electron chi connectivity index (χ2n) is 8.49. The number of nitrogens with zero attached hydrogens (tertiary/aromatic N) is 1. The lowest BCUT2D eigenvalue weighted by Crippen LogP contribution is -2.51. The van der Waals surface area contributed by atoms with Crippen LogP contribution in [0.1, 0.15) is 48.9 Å². The average molecular weight is 458 g/mol. The normalized spacial score (nSPS) is 16.9. The molecule has 0 radical (unpaired) electrons. The van der Waals surface area contributed by atoms with E-state index in [9.17, 15) is 19.7 Å². The van der Waals surface area contributed by atoms with Crippen LogP contribution in [0.15, 0.2) is 36.4 Å². The monoisotopic (exact) mass is 457 g/mol. The van der Waals surface area contributed by atoms with Gasteiger partial charge in [0.1, 0.15) is 5.75 Å². The first-order chi connectivity index (χ1) is 15.0. The smallest absolute Gasteiger partial charge is 0.321 e. The van der Waals surface area contributed by atoms with Gasteiger partial charge < -0.3 is 10.1 Å². The zero-order chi connectivity index (χ0) is 23.6. The van der Waals surface area contributed by atoms with E-state index in [-0.39, 0.29) is 23.6 Å². The number of halogens is 1. The molecule has 0 bridgehead atoms. The number of amides is 3. The van der Waals surface area contributed by atoms with E-state index in [1.165, 1.54) is 12.1 Å². The second-order valence-corrected chi connectivity index (χ2v) is 8.90. The molecule has 1 heterocycles. The number of nitrogens with one attached hydrogen (secondary N) is 2. The number of benzene rings is 2. The van der Waals surface area contributed by atoms with Gasteiger partial charge in [0, 0.05) is 34.8 Å². The fourth-order valence-corrected chi connectivity index (χ4v) is 3.77. The predicted octanol–water partition coefficient (Wildman–Crippen LogP) is 4.56. The molecule has 1 atom stereocenters. The Hall–Kier alpha value is -3.39. The molecule has 168 valence electrons. The Morgan fingerprint density at radius 1 is 1.22 bits per heavy atom. The van der Waals surface area contributed by atoms with E-state index in [0.29, 0.717) is 27.5 Å². The molecule has 3 rings (SSSR count). The minimum absolute atomic E-state index is 0.0295. The molecule has 1 aliphatic heterocycles. The van der Waals surface area contributed by atoms with E-state index in [4.69, 9.17) is 16.3 Å². The lowest BCUT2D eigenvalue weighted by Gasteiger charge is -2.28. The Bertz CT molecular complexity index is 1100. The zero-order valence-corrected chi connectivity index (χ0v) is 18.9. The number of non-ortho nitro benzene ring substituents is 1. The van der Waals surface area contributed by atoms with Crippen molar-refractivity contribution < 1.29 is 19.2 Å². The van der Waals surface area contributed by atoms with Gasteiger partial charge in [-0.05, 0) is 40.8 Å². The van der Waals surface area contributed by atoms with Crippen LogP contribution in [0, 0.1) is 10.1 Å². The number of imide groups is 1. The Kier molecular flexibility index (Phi) is 6.55. The number of methoxy groups -OCH3 is 1. The number of hydrogen-bond acceptors (Lipinski definition) is 5. The fourth-order valence-electron chi connectivity index (χ4n) is 3.53. The Balaban J connectivity index is 2.12. The maximum absolute atomic E-state index is 12.5. The molecule has 9 heteroatoms. The van der Waals surface area contributed by atoms with Gasteiger partial charge in [-0.1, -0.05) is 38.4 Å². The van der Waals surface area contributed by atoms with Crippen molar-refractivity contribution in [2.24, 2.45) is 0 Å². The number of carbonyl (C=O) groups is 2. The van der Waals surface area contributed by atoms with E-state index >= 15 is 0 Å². The molecule has 0 aliphatic carbocycles. The van der Waals surface area contributed by atoms with E-state index < -0.39 is 16.9 Å². The van der Waals surface area contributed by atoms with Gasteiger partial charge in [0.05, 0.1) is 18.0 Å². The number of nitro groups is 1. The highest BCUT2D eigenvalue weighted by Gasteiger charge is 2.30. The number of hydrogen-bond donors (Lipinski definition) is 2. The highest BCUT2D eigenvalue weighted by Crippen LogP contribution is 2.39. The Labute approximate surface area is 190 Å². The first-order valence-corrected chi connectivity index (χ1v) is 10.3. The summed E-state index contributed by atoms with van der Waals surface area (Å²) >= 11 is 6.55. The van der Waals surface area contributed by atoms with Crippen LogP contribution < -0.4 is 15.4 Å². The summed E-state index contributed by atoms with van der Waals surface area (Å²) in [6.07, 6.45) is 1.71. The van der Waals surface area contributed by atoms with Crippen molar-refractivity contribution in [2.45, 2.75) is 32.1 Å². The van der Waals surface area contributed by atoms with Gasteiger partial charge in [-0.2, -0.15) is 0 Å². The standard InChI is InChI=1S/C23H24ClN3O5/c1-23(2,3)18-10-14(17-12-25-22(29)26-21(17)28)9-15(20(18)32-4)11-19(24)13-5-7-16(8-6-13)27(30)31/h5-11,17H,12H2,1-4H3,(H2,25,26,28,29)/b19-11-. The zero-order valence-electron chi connectivity index (χ0n) is 18.2. The molecule has 1 unspecified atom stereocenters. The van der Waals surface area contributed by atoms with E-state index in [1.807, 2.05) is 32.9 Å². The molecule has 2 aromatic rings. The van der Waals surface area contributed by atoms with Crippen LogP contribution in [0.25, 0.3) is 11.1 Å². The molecule has 0 aromatic heterocycles. The third-order valence-electron chi connectivity index (χ3n) is 5.21. The summed E-state index contributed by atoms with van der Waals surface area (Å²) in [5, 5.41) is 16.2. The van der Waals surface area contributed by atoms with Gasteiger partial charge in [-0.25, -0.2) is 4.79 Å². The second kappa shape index (κ2) is 9.00. The molecule has 2 aromatic carbocycles. The highest BCUT2D eigenvalue weighted by atomic mass is 35.5. The summed E-state index contributed by atoms with van der Waals surface area (Å²) < 4.78 is 5.71. The van der Waals surface area contributed by atoms with E-state index in [1.54, 1.807) is 25.3 Å². The third kappa shape index (κ3) is 4.91. The molecule has 0 spiro atoms. The molecular weight excluding hydrogens is 434 g/mol. The number of carbonyl (C=O) groups excluding carboxylic acids is 2. The molecule has 1 aliphatic rings. The SMILES string of the molecule is COc1c(/C=C(\Cl)c2ccc([N+](=O)[O-])cc2)cc(C2CNC(=O)NC2=O)cc1C(C)(C)C. The van der Waals surface area contributed by atoms with Gasteiger partial charge in [-0.3, -0.25) is 20.2 Å². The van der Waals surface area contributed by atoms with Gasteiger partial charge in [-0.15, -0.1) is 0 Å². The number of nitro benzene ring substituents is 1. The molecular formula is C23H24ClN3O5. The summed E-state index contributed by atoms with van der Waals surface area (Å²) in [7, 11) is 1.56.